The van der Waals surface area contributed by atoms with Crippen molar-refractivity contribution in [3.05, 3.63) is 58.1 Å². The highest BCUT2D eigenvalue weighted by Gasteiger charge is 2.09. The van der Waals surface area contributed by atoms with E-state index in [0.717, 1.165) is 22.3 Å². The molecule has 0 spiro atoms. The Morgan fingerprint density at radius 2 is 2.05 bits per heavy atom. The van der Waals surface area contributed by atoms with Crippen LogP contribution in [0.5, 0.6) is 5.75 Å². The van der Waals surface area contributed by atoms with E-state index < -0.39 is 0 Å². The number of para-hydroxylation sites is 1. The largest absolute Gasteiger partial charge is 0.496 e. The van der Waals surface area contributed by atoms with Gasteiger partial charge in [0.15, 0.2) is 0 Å². The van der Waals surface area contributed by atoms with Gasteiger partial charge in [-0.3, -0.25) is 0 Å². The molecule has 2 aromatic rings. The van der Waals surface area contributed by atoms with E-state index in [4.69, 9.17) is 10.00 Å². The molecule has 2 rings (SSSR count). The minimum Gasteiger partial charge on any atom is -0.496 e. The number of methoxy groups -OCH3 is 1. The van der Waals surface area contributed by atoms with Gasteiger partial charge in [-0.05, 0) is 59.1 Å². The van der Waals surface area contributed by atoms with E-state index in [9.17, 15) is 0 Å². The van der Waals surface area contributed by atoms with Gasteiger partial charge in [0.2, 0.25) is 0 Å². The molecule has 1 atom stereocenters. The Balaban J connectivity index is 2.08. The average Bonchev–Trinajstić information content (AvgIpc) is 2.49. The van der Waals surface area contributed by atoms with Gasteiger partial charge in [-0.15, -0.1) is 0 Å². The summed E-state index contributed by atoms with van der Waals surface area (Å²) < 4.78 is 6.27. The van der Waals surface area contributed by atoms with E-state index in [1.54, 1.807) is 7.11 Å². The van der Waals surface area contributed by atoms with Crippen LogP contribution in [0, 0.1) is 11.3 Å². The summed E-state index contributed by atoms with van der Waals surface area (Å²) in [7, 11) is 1.69. The summed E-state index contributed by atoms with van der Waals surface area (Å²) in [6.07, 6.45) is 0.858. The number of rotatable bonds is 5. The third kappa shape index (κ3) is 3.99. The molecule has 0 radical (unpaired) electrons. The van der Waals surface area contributed by atoms with Gasteiger partial charge in [-0.2, -0.15) is 5.26 Å². The van der Waals surface area contributed by atoms with E-state index in [0.29, 0.717) is 5.56 Å². The second-order valence-electron chi connectivity index (χ2n) is 4.87. The molecule has 21 heavy (non-hydrogen) atoms. The van der Waals surface area contributed by atoms with Crippen LogP contribution in [-0.4, -0.2) is 13.2 Å². The standard InChI is InChI=1S/C17H17BrN2O/c1-12(9-14-5-3-4-6-17(14)21-2)20-16-8-7-13(11-19)10-15(16)18/h3-8,10,12,20H,9H2,1-2H3. The lowest BCUT2D eigenvalue weighted by atomic mass is 10.1. The van der Waals surface area contributed by atoms with Crippen LogP contribution in [0.1, 0.15) is 18.1 Å². The van der Waals surface area contributed by atoms with Crippen LogP contribution in [0.15, 0.2) is 46.9 Å². The molecule has 0 heterocycles. The van der Waals surface area contributed by atoms with Gasteiger partial charge in [0.25, 0.3) is 0 Å². The van der Waals surface area contributed by atoms with Crippen molar-refractivity contribution in [2.24, 2.45) is 0 Å². The van der Waals surface area contributed by atoms with Crippen molar-refractivity contribution in [2.75, 3.05) is 12.4 Å². The predicted octanol–water partition coefficient (Wildman–Crippen LogP) is 4.37. The fourth-order valence-electron chi connectivity index (χ4n) is 2.22. The maximum atomic E-state index is 8.88. The summed E-state index contributed by atoms with van der Waals surface area (Å²) in [5.41, 5.74) is 2.80. The van der Waals surface area contributed by atoms with Gasteiger partial charge < -0.3 is 10.1 Å². The molecule has 108 valence electrons. The molecule has 0 aromatic heterocycles. The Bertz CT molecular complexity index is 664. The highest BCUT2D eigenvalue weighted by atomic mass is 79.9. The number of anilines is 1. The molecule has 1 unspecified atom stereocenters. The van der Waals surface area contributed by atoms with E-state index in [1.165, 1.54) is 5.56 Å². The van der Waals surface area contributed by atoms with Gasteiger partial charge in [-0.25, -0.2) is 0 Å². The maximum absolute atomic E-state index is 8.88. The minimum absolute atomic E-state index is 0.241. The zero-order chi connectivity index (χ0) is 15.2. The zero-order valence-electron chi connectivity index (χ0n) is 12.1. The topological polar surface area (TPSA) is 45.0 Å². The summed E-state index contributed by atoms with van der Waals surface area (Å²) in [5.74, 6) is 0.907. The highest BCUT2D eigenvalue weighted by molar-refractivity contribution is 9.10. The smallest absolute Gasteiger partial charge is 0.122 e. The van der Waals surface area contributed by atoms with Crippen molar-refractivity contribution in [1.29, 1.82) is 5.26 Å². The number of nitrogens with zero attached hydrogens (tertiary/aromatic N) is 1. The van der Waals surface area contributed by atoms with E-state index in [2.05, 4.69) is 40.3 Å². The lowest BCUT2D eigenvalue weighted by Gasteiger charge is -2.18. The van der Waals surface area contributed by atoms with E-state index >= 15 is 0 Å². The first-order valence-electron chi connectivity index (χ1n) is 6.72. The first-order valence-corrected chi connectivity index (χ1v) is 7.51. The SMILES string of the molecule is COc1ccccc1CC(C)Nc1ccc(C#N)cc1Br. The van der Waals surface area contributed by atoms with Crippen LogP contribution >= 0.6 is 15.9 Å². The van der Waals surface area contributed by atoms with Gasteiger partial charge in [0.05, 0.1) is 18.7 Å². The normalized spacial score (nSPS) is 11.5. The van der Waals surface area contributed by atoms with Gasteiger partial charge >= 0.3 is 0 Å². The van der Waals surface area contributed by atoms with Crippen LogP contribution in [0.25, 0.3) is 0 Å². The van der Waals surface area contributed by atoms with Gasteiger partial charge in [0, 0.05) is 16.2 Å². The molecule has 0 aliphatic heterocycles. The van der Waals surface area contributed by atoms with Crippen molar-refractivity contribution < 1.29 is 4.74 Å². The molecule has 0 fully saturated rings. The first-order chi connectivity index (χ1) is 10.1. The lowest BCUT2D eigenvalue weighted by molar-refractivity contribution is 0.409. The van der Waals surface area contributed by atoms with Gasteiger partial charge in [0.1, 0.15) is 5.75 Å². The number of nitriles is 1. The Morgan fingerprint density at radius 3 is 2.71 bits per heavy atom. The second kappa shape index (κ2) is 7.14. The maximum Gasteiger partial charge on any atom is 0.122 e. The molecule has 0 saturated carbocycles. The summed E-state index contributed by atoms with van der Waals surface area (Å²) >= 11 is 3.49. The summed E-state index contributed by atoms with van der Waals surface area (Å²) in [5, 5.41) is 12.3. The Morgan fingerprint density at radius 1 is 1.29 bits per heavy atom. The monoisotopic (exact) mass is 344 g/mol. The number of hydrogen-bond donors (Lipinski definition) is 1. The number of hydrogen-bond acceptors (Lipinski definition) is 3. The van der Waals surface area contributed by atoms with E-state index in [-0.39, 0.29) is 6.04 Å². The quantitative estimate of drug-likeness (QED) is 0.875. The van der Waals surface area contributed by atoms with Gasteiger partial charge in [-0.1, -0.05) is 18.2 Å². The van der Waals surface area contributed by atoms with Crippen LogP contribution in [0.3, 0.4) is 0 Å². The number of benzene rings is 2. The molecule has 4 heteroatoms. The van der Waals surface area contributed by atoms with Crippen LogP contribution in [-0.2, 0) is 6.42 Å². The van der Waals surface area contributed by atoms with Crippen LogP contribution in [0.4, 0.5) is 5.69 Å². The van der Waals surface area contributed by atoms with Crippen molar-refractivity contribution >= 4 is 21.6 Å². The number of halogens is 1. The fraction of sp³-hybridized carbons (Fsp3) is 0.235. The molecular formula is C17H17BrN2O. The number of ether oxygens (including phenoxy) is 1. The van der Waals surface area contributed by atoms with Crippen molar-refractivity contribution in [3.63, 3.8) is 0 Å². The average molecular weight is 345 g/mol. The third-order valence-corrected chi connectivity index (χ3v) is 3.87. The van der Waals surface area contributed by atoms with Crippen molar-refractivity contribution in [3.8, 4) is 11.8 Å². The Hall–Kier alpha value is -1.99. The molecule has 0 saturated heterocycles. The predicted molar refractivity (Wildman–Crippen MR) is 88.6 cm³/mol. The molecule has 2 aromatic carbocycles. The van der Waals surface area contributed by atoms with Crippen molar-refractivity contribution in [2.45, 2.75) is 19.4 Å². The number of nitrogens with one attached hydrogen (secondary N) is 1. The molecule has 0 aliphatic carbocycles. The van der Waals surface area contributed by atoms with Crippen LogP contribution < -0.4 is 10.1 Å². The zero-order valence-corrected chi connectivity index (χ0v) is 13.6. The van der Waals surface area contributed by atoms with Crippen molar-refractivity contribution in [1.82, 2.24) is 0 Å². The van der Waals surface area contributed by atoms with Crippen LogP contribution in [0.2, 0.25) is 0 Å². The second-order valence-corrected chi connectivity index (χ2v) is 5.72. The Labute approximate surface area is 133 Å². The fourth-order valence-corrected chi connectivity index (χ4v) is 2.71. The molecule has 0 amide bonds. The lowest BCUT2D eigenvalue weighted by Crippen LogP contribution is -2.18. The molecular weight excluding hydrogens is 328 g/mol. The molecule has 1 N–H and O–H groups in total. The Kier molecular flexibility index (Phi) is 5.24. The minimum atomic E-state index is 0.241. The summed E-state index contributed by atoms with van der Waals surface area (Å²) in [6.45, 7) is 2.12. The summed E-state index contributed by atoms with van der Waals surface area (Å²) in [4.78, 5) is 0. The third-order valence-electron chi connectivity index (χ3n) is 3.22. The summed E-state index contributed by atoms with van der Waals surface area (Å²) in [6, 6.07) is 15.9. The van der Waals surface area contributed by atoms with E-state index in [1.807, 2.05) is 36.4 Å². The molecule has 3 nitrogen and oxygen atoms in total. The highest BCUT2D eigenvalue weighted by Crippen LogP contribution is 2.25. The first kappa shape index (κ1) is 15.4. The molecule has 0 bridgehead atoms. The molecule has 0 aliphatic rings.